The Balaban J connectivity index is 1.37. The molecule has 2 aromatic heterocycles. The number of aryl methyl sites for hydroxylation is 2. The zero-order chi connectivity index (χ0) is 14.9. The maximum atomic E-state index is 12.0. The van der Waals surface area contributed by atoms with Gasteiger partial charge >= 0.3 is 0 Å². The molecule has 0 saturated heterocycles. The van der Waals surface area contributed by atoms with E-state index in [4.69, 9.17) is 4.42 Å². The molecule has 1 aliphatic carbocycles. The summed E-state index contributed by atoms with van der Waals surface area (Å²) in [6.45, 7) is 0. The van der Waals surface area contributed by atoms with Crippen LogP contribution in [0.25, 0.3) is 11.1 Å². The lowest BCUT2D eigenvalue weighted by Crippen LogP contribution is -2.13. The van der Waals surface area contributed by atoms with Crippen molar-refractivity contribution in [3.63, 3.8) is 0 Å². The highest BCUT2D eigenvalue weighted by Gasteiger charge is 2.18. The molecule has 112 valence electrons. The van der Waals surface area contributed by atoms with Crippen molar-refractivity contribution in [3.8, 4) is 0 Å². The molecule has 1 aromatic carbocycles. The highest BCUT2D eigenvalue weighted by Crippen LogP contribution is 2.30. The number of thioether (sulfide) groups is 1. The van der Waals surface area contributed by atoms with Crippen LogP contribution in [0.5, 0.6) is 0 Å². The fourth-order valence-electron chi connectivity index (χ4n) is 2.44. The standard InChI is InChI=1S/C15H13N3O2S2/c19-13(18-14-16-10-5-3-7-12(10)22-14)8-21-15-17-9-4-1-2-6-11(9)20-15/h1-2,4,6H,3,5,7-8H2,(H,16,18,19). The number of nitrogens with zero attached hydrogens (tertiary/aromatic N) is 2. The molecule has 2 heterocycles. The van der Waals surface area contributed by atoms with Gasteiger partial charge in [0.25, 0.3) is 5.22 Å². The number of oxazole rings is 1. The molecule has 4 rings (SSSR count). The zero-order valence-electron chi connectivity index (χ0n) is 11.7. The van der Waals surface area contributed by atoms with Crippen LogP contribution in [-0.2, 0) is 17.6 Å². The average molecular weight is 331 g/mol. The molecule has 22 heavy (non-hydrogen) atoms. The Hall–Kier alpha value is -1.86. The Kier molecular flexibility index (Phi) is 3.59. The first-order valence-electron chi connectivity index (χ1n) is 7.05. The van der Waals surface area contributed by atoms with E-state index >= 15 is 0 Å². The Labute approximate surface area is 135 Å². The van der Waals surface area contributed by atoms with Gasteiger partial charge in [0.2, 0.25) is 5.91 Å². The number of carbonyl (C=O) groups is 1. The van der Waals surface area contributed by atoms with Crippen molar-refractivity contribution in [1.29, 1.82) is 0 Å². The number of para-hydroxylation sites is 2. The van der Waals surface area contributed by atoms with Gasteiger partial charge in [-0.05, 0) is 31.4 Å². The largest absolute Gasteiger partial charge is 0.431 e. The van der Waals surface area contributed by atoms with E-state index in [1.54, 1.807) is 11.3 Å². The molecule has 0 bridgehead atoms. The van der Waals surface area contributed by atoms with Crippen molar-refractivity contribution in [2.24, 2.45) is 0 Å². The molecular formula is C15H13N3O2S2. The molecule has 7 heteroatoms. The Morgan fingerprint density at radius 2 is 2.23 bits per heavy atom. The minimum absolute atomic E-state index is 0.0836. The second-order valence-electron chi connectivity index (χ2n) is 5.03. The zero-order valence-corrected chi connectivity index (χ0v) is 13.3. The van der Waals surface area contributed by atoms with E-state index in [9.17, 15) is 4.79 Å². The van der Waals surface area contributed by atoms with E-state index in [2.05, 4.69) is 15.3 Å². The summed E-state index contributed by atoms with van der Waals surface area (Å²) in [5, 5.41) is 4.07. The number of hydrogen-bond acceptors (Lipinski definition) is 6. The minimum atomic E-state index is -0.0836. The molecule has 0 saturated carbocycles. The van der Waals surface area contributed by atoms with Crippen LogP contribution in [0.3, 0.4) is 0 Å². The first-order chi connectivity index (χ1) is 10.8. The lowest BCUT2D eigenvalue weighted by atomic mass is 10.3. The normalized spacial score (nSPS) is 13.5. The van der Waals surface area contributed by atoms with Crippen molar-refractivity contribution in [2.45, 2.75) is 24.5 Å². The molecule has 0 spiro atoms. The number of amides is 1. The van der Waals surface area contributed by atoms with E-state index in [1.165, 1.54) is 23.1 Å². The van der Waals surface area contributed by atoms with Gasteiger partial charge in [-0.1, -0.05) is 23.9 Å². The summed E-state index contributed by atoms with van der Waals surface area (Å²) in [7, 11) is 0. The Morgan fingerprint density at radius 1 is 1.32 bits per heavy atom. The van der Waals surface area contributed by atoms with Gasteiger partial charge in [0.05, 0.1) is 11.4 Å². The quantitative estimate of drug-likeness (QED) is 0.741. The van der Waals surface area contributed by atoms with E-state index in [0.717, 1.165) is 29.6 Å². The topological polar surface area (TPSA) is 68.0 Å². The first kappa shape index (κ1) is 13.8. The van der Waals surface area contributed by atoms with Gasteiger partial charge in [0.1, 0.15) is 5.52 Å². The van der Waals surface area contributed by atoms with Gasteiger partial charge in [-0.25, -0.2) is 9.97 Å². The summed E-state index contributed by atoms with van der Waals surface area (Å²) >= 11 is 2.88. The Morgan fingerprint density at radius 3 is 3.09 bits per heavy atom. The summed E-state index contributed by atoms with van der Waals surface area (Å²) in [5.74, 6) is 0.177. The van der Waals surface area contributed by atoms with Crippen LogP contribution in [0.2, 0.25) is 0 Å². The maximum absolute atomic E-state index is 12.0. The van der Waals surface area contributed by atoms with Gasteiger partial charge in [0, 0.05) is 4.88 Å². The molecule has 5 nitrogen and oxygen atoms in total. The smallest absolute Gasteiger partial charge is 0.257 e. The van der Waals surface area contributed by atoms with Gasteiger partial charge in [0.15, 0.2) is 10.7 Å². The summed E-state index contributed by atoms with van der Waals surface area (Å²) in [6.07, 6.45) is 3.29. The summed E-state index contributed by atoms with van der Waals surface area (Å²) < 4.78 is 5.58. The van der Waals surface area contributed by atoms with Crippen molar-refractivity contribution >= 4 is 45.2 Å². The third kappa shape index (κ3) is 2.74. The van der Waals surface area contributed by atoms with Crippen molar-refractivity contribution in [1.82, 2.24) is 9.97 Å². The van der Waals surface area contributed by atoms with Gasteiger partial charge in [-0.3, -0.25) is 4.79 Å². The van der Waals surface area contributed by atoms with Crippen LogP contribution >= 0.6 is 23.1 Å². The SMILES string of the molecule is O=C(CSc1nc2ccccc2o1)Nc1nc2c(s1)CCC2. The van der Waals surface area contributed by atoms with Crippen LogP contribution in [0.4, 0.5) is 5.13 Å². The lowest BCUT2D eigenvalue weighted by Gasteiger charge is -1.99. The monoisotopic (exact) mass is 331 g/mol. The number of nitrogens with one attached hydrogen (secondary N) is 1. The number of anilines is 1. The molecule has 0 radical (unpaired) electrons. The van der Waals surface area contributed by atoms with E-state index < -0.39 is 0 Å². The number of thiazole rings is 1. The predicted molar refractivity (Wildman–Crippen MR) is 87.5 cm³/mol. The van der Waals surface area contributed by atoms with Crippen molar-refractivity contribution in [2.75, 3.05) is 11.1 Å². The first-order valence-corrected chi connectivity index (χ1v) is 8.85. The van der Waals surface area contributed by atoms with Crippen LogP contribution in [0.15, 0.2) is 33.9 Å². The summed E-state index contributed by atoms with van der Waals surface area (Å²) in [4.78, 5) is 22.1. The molecule has 3 aromatic rings. The van der Waals surface area contributed by atoms with Crippen LogP contribution in [0, 0.1) is 0 Å². The lowest BCUT2D eigenvalue weighted by molar-refractivity contribution is -0.113. The second kappa shape index (κ2) is 5.73. The number of benzene rings is 1. The molecule has 1 aliphatic rings. The van der Waals surface area contributed by atoms with Crippen LogP contribution in [-0.4, -0.2) is 21.6 Å². The molecule has 0 fully saturated rings. The molecule has 0 atom stereocenters. The van der Waals surface area contributed by atoms with Crippen molar-refractivity contribution < 1.29 is 9.21 Å². The summed E-state index contributed by atoms with van der Waals surface area (Å²) in [6, 6.07) is 7.56. The minimum Gasteiger partial charge on any atom is -0.431 e. The molecule has 1 amide bonds. The predicted octanol–water partition coefficient (Wildman–Crippen LogP) is 3.50. The van der Waals surface area contributed by atoms with E-state index in [1.807, 2.05) is 24.3 Å². The third-order valence-electron chi connectivity index (χ3n) is 3.44. The molecule has 1 N–H and O–H groups in total. The fraction of sp³-hybridized carbons (Fsp3) is 0.267. The fourth-order valence-corrected chi connectivity index (χ4v) is 4.14. The number of aromatic nitrogens is 2. The number of hydrogen-bond donors (Lipinski definition) is 1. The van der Waals surface area contributed by atoms with E-state index in [-0.39, 0.29) is 11.7 Å². The average Bonchev–Trinajstić information content (AvgIpc) is 3.18. The highest BCUT2D eigenvalue weighted by atomic mass is 32.2. The number of fused-ring (bicyclic) bond motifs is 2. The molecular weight excluding hydrogens is 318 g/mol. The number of rotatable bonds is 4. The Bertz CT molecular complexity index is 786. The third-order valence-corrected chi connectivity index (χ3v) is 5.34. The molecule has 0 unspecified atom stereocenters. The van der Waals surface area contributed by atoms with Crippen molar-refractivity contribution in [3.05, 3.63) is 34.8 Å². The van der Waals surface area contributed by atoms with Crippen LogP contribution in [0.1, 0.15) is 17.0 Å². The van der Waals surface area contributed by atoms with Gasteiger partial charge in [-0.2, -0.15) is 0 Å². The highest BCUT2D eigenvalue weighted by molar-refractivity contribution is 7.99. The van der Waals surface area contributed by atoms with Gasteiger partial charge in [-0.15, -0.1) is 11.3 Å². The molecule has 0 aliphatic heterocycles. The maximum Gasteiger partial charge on any atom is 0.257 e. The number of carbonyl (C=O) groups excluding carboxylic acids is 1. The summed E-state index contributed by atoms with van der Waals surface area (Å²) in [5.41, 5.74) is 2.69. The van der Waals surface area contributed by atoms with E-state index in [0.29, 0.717) is 10.4 Å². The van der Waals surface area contributed by atoms with Crippen LogP contribution < -0.4 is 5.32 Å². The van der Waals surface area contributed by atoms with Gasteiger partial charge < -0.3 is 9.73 Å². The second-order valence-corrected chi connectivity index (χ2v) is 7.04.